The maximum Gasteiger partial charge on any atom is 0.0635 e. The summed E-state index contributed by atoms with van der Waals surface area (Å²) < 4.78 is 5.15. The molecular weight excluding hydrogens is 284 g/mol. The number of ether oxygens (including phenoxy) is 1. The largest absolute Gasteiger partial charge is 0.383 e. The third-order valence-electron chi connectivity index (χ3n) is 6.37. The second kappa shape index (κ2) is 6.35. The molecule has 0 aliphatic heterocycles. The second-order valence-electron chi connectivity index (χ2n) is 8.24. The van der Waals surface area contributed by atoms with Crippen LogP contribution < -0.4 is 10.6 Å². The van der Waals surface area contributed by atoms with Crippen molar-refractivity contribution in [3.63, 3.8) is 0 Å². The van der Waals surface area contributed by atoms with E-state index >= 15 is 0 Å². The minimum Gasteiger partial charge on any atom is -0.383 e. The van der Waals surface area contributed by atoms with Crippen molar-refractivity contribution in [2.45, 2.75) is 38.5 Å². The average Bonchev–Trinajstić information content (AvgIpc) is 2.53. The quantitative estimate of drug-likeness (QED) is 0.733. The van der Waals surface area contributed by atoms with Crippen LogP contribution in [0, 0.1) is 23.2 Å². The fourth-order valence-corrected chi connectivity index (χ4v) is 5.87. The van der Waals surface area contributed by atoms with E-state index in [9.17, 15) is 0 Å². The number of anilines is 2. The lowest BCUT2D eigenvalue weighted by Gasteiger charge is -2.57. The molecule has 0 unspecified atom stereocenters. The topological polar surface area (TPSA) is 33.3 Å². The number of hydrogen-bond donors (Lipinski definition) is 2. The zero-order valence-electron chi connectivity index (χ0n) is 14.3. The molecule has 0 radical (unpaired) electrons. The first kappa shape index (κ1) is 15.3. The summed E-state index contributed by atoms with van der Waals surface area (Å²) in [5.41, 5.74) is 3.03. The predicted octanol–water partition coefficient (Wildman–Crippen LogP) is 4.37. The van der Waals surface area contributed by atoms with Gasteiger partial charge in [0.1, 0.15) is 0 Å². The standard InChI is InChI=1S/C20H30N2O/c1-23-7-6-21-18-4-2-3-5-19(18)22-14-20-11-15-8-16(12-20)10-17(9-15)13-20/h2-5,15-17,21-22H,6-14H2,1H3. The number of rotatable bonds is 7. The molecule has 0 atom stereocenters. The maximum absolute atomic E-state index is 5.15. The Morgan fingerprint density at radius 3 is 2.09 bits per heavy atom. The third-order valence-corrected chi connectivity index (χ3v) is 6.37. The summed E-state index contributed by atoms with van der Waals surface area (Å²) in [5.74, 6) is 3.08. The van der Waals surface area contributed by atoms with Crippen molar-refractivity contribution < 1.29 is 4.74 Å². The van der Waals surface area contributed by atoms with Gasteiger partial charge in [0.05, 0.1) is 18.0 Å². The molecule has 126 valence electrons. The normalized spacial score (nSPS) is 34.6. The van der Waals surface area contributed by atoms with Crippen molar-refractivity contribution in [1.82, 2.24) is 0 Å². The molecule has 4 bridgehead atoms. The fraction of sp³-hybridized carbons (Fsp3) is 0.700. The molecule has 4 aliphatic rings. The molecule has 0 spiro atoms. The van der Waals surface area contributed by atoms with Gasteiger partial charge in [-0.1, -0.05) is 12.1 Å². The Balaban J connectivity index is 1.41. The van der Waals surface area contributed by atoms with Crippen LogP contribution in [0.4, 0.5) is 11.4 Å². The Labute approximate surface area is 140 Å². The van der Waals surface area contributed by atoms with Gasteiger partial charge < -0.3 is 15.4 Å². The summed E-state index contributed by atoms with van der Waals surface area (Å²) in [4.78, 5) is 0. The van der Waals surface area contributed by atoms with Gasteiger partial charge >= 0.3 is 0 Å². The van der Waals surface area contributed by atoms with E-state index in [4.69, 9.17) is 4.74 Å². The molecular formula is C20H30N2O. The van der Waals surface area contributed by atoms with Gasteiger partial charge in [-0.05, 0) is 73.8 Å². The van der Waals surface area contributed by atoms with E-state index in [1.807, 2.05) is 0 Å². The van der Waals surface area contributed by atoms with Crippen LogP contribution in [0.1, 0.15) is 38.5 Å². The number of hydrogen-bond acceptors (Lipinski definition) is 3. The number of benzene rings is 1. The second-order valence-corrected chi connectivity index (χ2v) is 8.24. The molecule has 3 heteroatoms. The highest BCUT2D eigenvalue weighted by Gasteiger charge is 2.50. The molecule has 4 fully saturated rings. The summed E-state index contributed by atoms with van der Waals surface area (Å²) in [6.07, 6.45) is 8.96. The summed E-state index contributed by atoms with van der Waals surface area (Å²) in [5, 5.41) is 7.28. The molecule has 0 heterocycles. The van der Waals surface area contributed by atoms with E-state index < -0.39 is 0 Å². The summed E-state index contributed by atoms with van der Waals surface area (Å²) in [6, 6.07) is 8.60. The molecule has 4 saturated carbocycles. The Kier molecular flexibility index (Phi) is 4.23. The van der Waals surface area contributed by atoms with Gasteiger partial charge in [-0.2, -0.15) is 0 Å². The van der Waals surface area contributed by atoms with E-state index in [0.29, 0.717) is 5.41 Å². The van der Waals surface area contributed by atoms with E-state index in [0.717, 1.165) is 37.5 Å². The van der Waals surface area contributed by atoms with Crippen LogP contribution >= 0.6 is 0 Å². The Morgan fingerprint density at radius 1 is 0.957 bits per heavy atom. The van der Waals surface area contributed by atoms with E-state index in [1.165, 1.54) is 49.9 Å². The Bertz CT molecular complexity index is 507. The fourth-order valence-electron chi connectivity index (χ4n) is 5.87. The lowest BCUT2D eigenvalue weighted by Crippen LogP contribution is -2.49. The summed E-state index contributed by atoms with van der Waals surface area (Å²) >= 11 is 0. The highest BCUT2D eigenvalue weighted by Crippen LogP contribution is 2.59. The molecule has 2 N–H and O–H groups in total. The highest BCUT2D eigenvalue weighted by atomic mass is 16.5. The van der Waals surface area contributed by atoms with E-state index in [1.54, 1.807) is 7.11 Å². The number of nitrogens with one attached hydrogen (secondary N) is 2. The molecule has 23 heavy (non-hydrogen) atoms. The molecule has 0 amide bonds. The molecule has 0 saturated heterocycles. The summed E-state index contributed by atoms with van der Waals surface area (Å²) in [6.45, 7) is 2.75. The van der Waals surface area contributed by atoms with Gasteiger partial charge in [0.25, 0.3) is 0 Å². The average molecular weight is 314 g/mol. The first-order chi connectivity index (χ1) is 11.3. The molecule has 3 nitrogen and oxygen atoms in total. The van der Waals surface area contributed by atoms with Crippen LogP contribution in [0.2, 0.25) is 0 Å². The molecule has 4 aliphatic carbocycles. The maximum atomic E-state index is 5.15. The zero-order chi connectivity index (χ0) is 15.7. The van der Waals surface area contributed by atoms with Gasteiger partial charge in [0.2, 0.25) is 0 Å². The predicted molar refractivity (Wildman–Crippen MR) is 95.9 cm³/mol. The van der Waals surface area contributed by atoms with Crippen molar-refractivity contribution in [3.8, 4) is 0 Å². The van der Waals surface area contributed by atoms with Gasteiger partial charge in [-0.15, -0.1) is 0 Å². The van der Waals surface area contributed by atoms with Crippen molar-refractivity contribution >= 4 is 11.4 Å². The van der Waals surface area contributed by atoms with Gasteiger partial charge in [-0.25, -0.2) is 0 Å². The Hall–Kier alpha value is -1.22. The van der Waals surface area contributed by atoms with Gasteiger partial charge in [0, 0.05) is 20.2 Å². The monoisotopic (exact) mass is 314 g/mol. The van der Waals surface area contributed by atoms with Crippen LogP contribution in [0.15, 0.2) is 24.3 Å². The first-order valence-electron chi connectivity index (χ1n) is 9.32. The van der Waals surface area contributed by atoms with E-state index in [-0.39, 0.29) is 0 Å². The van der Waals surface area contributed by atoms with Crippen molar-refractivity contribution in [3.05, 3.63) is 24.3 Å². The molecule has 1 aromatic carbocycles. The van der Waals surface area contributed by atoms with Crippen LogP contribution in [0.25, 0.3) is 0 Å². The van der Waals surface area contributed by atoms with Crippen molar-refractivity contribution in [2.75, 3.05) is 37.4 Å². The SMILES string of the molecule is COCCNc1ccccc1NCC12CC3CC(CC(C3)C1)C2. The lowest BCUT2D eigenvalue weighted by molar-refractivity contribution is -0.0444. The van der Waals surface area contributed by atoms with Gasteiger partial charge in [0.15, 0.2) is 0 Å². The van der Waals surface area contributed by atoms with Crippen molar-refractivity contribution in [2.24, 2.45) is 23.2 Å². The van der Waals surface area contributed by atoms with Crippen LogP contribution in [-0.4, -0.2) is 26.8 Å². The lowest BCUT2D eigenvalue weighted by atomic mass is 9.49. The zero-order valence-corrected chi connectivity index (χ0v) is 14.3. The number of para-hydroxylation sites is 2. The smallest absolute Gasteiger partial charge is 0.0635 e. The molecule has 5 rings (SSSR count). The highest BCUT2D eigenvalue weighted by molar-refractivity contribution is 5.68. The van der Waals surface area contributed by atoms with Crippen LogP contribution in [-0.2, 0) is 4.74 Å². The van der Waals surface area contributed by atoms with Gasteiger partial charge in [-0.3, -0.25) is 0 Å². The summed E-state index contributed by atoms with van der Waals surface area (Å²) in [7, 11) is 1.75. The minimum absolute atomic E-state index is 0.578. The molecule has 1 aromatic rings. The van der Waals surface area contributed by atoms with E-state index in [2.05, 4.69) is 34.9 Å². The minimum atomic E-state index is 0.578. The number of methoxy groups -OCH3 is 1. The first-order valence-corrected chi connectivity index (χ1v) is 9.32. The molecule has 0 aromatic heterocycles. The van der Waals surface area contributed by atoms with Crippen molar-refractivity contribution in [1.29, 1.82) is 0 Å². The Morgan fingerprint density at radius 2 is 1.52 bits per heavy atom. The third kappa shape index (κ3) is 3.21. The van der Waals surface area contributed by atoms with Crippen LogP contribution in [0.5, 0.6) is 0 Å². The van der Waals surface area contributed by atoms with Crippen LogP contribution in [0.3, 0.4) is 0 Å².